The lowest BCUT2D eigenvalue weighted by molar-refractivity contribution is -0.154. The minimum atomic E-state index is -4.02. The van der Waals surface area contributed by atoms with Gasteiger partial charge in [0.15, 0.2) is 11.2 Å². The molecule has 2 aliphatic heterocycles. The number of thiazole rings is 1. The Morgan fingerprint density at radius 2 is 1.32 bits per heavy atom. The highest BCUT2D eigenvalue weighted by Crippen LogP contribution is 2.51. The van der Waals surface area contributed by atoms with Crippen LogP contribution in [0.2, 0.25) is 0 Å². The predicted molar refractivity (Wildman–Crippen MR) is 253 cm³/mol. The fraction of sp³-hybridized carbons (Fsp3) is 0.163. The monoisotopic (exact) mass is 941 g/mol. The maximum absolute atomic E-state index is 14.5. The van der Waals surface area contributed by atoms with Crippen molar-refractivity contribution in [3.05, 3.63) is 208 Å². The number of amides is 3. The number of esters is 1. The standard InChI is InChI=1S/C49H44N5O9PS2/c1-60-64(59,61-2)29-38(39-31-66-48(51-39)53-49(35-22-12-5-13-23-35,36-24-14-6-15-25-36)37-26-16-7-17-27-37)43(55)52-40-44(56)54-41(34(28-62-47(50)58)30-65-45(40)54)46(57)63-42(32-18-8-3-9-19-32)33-20-10-4-11-21-33/h3-27,29,31,40,42,45H,28,30H2,1-2H3,(H2,50,58)(H,51,53)(H,52,55)/b38-29-/t40-,45-/m1/s1. The first-order chi connectivity index (χ1) is 32.0. The lowest BCUT2D eigenvalue weighted by atomic mass is 9.77. The number of rotatable bonds is 17. The summed E-state index contributed by atoms with van der Waals surface area (Å²) < 4.78 is 35.5. The molecule has 0 radical (unpaired) electrons. The molecule has 0 unspecified atom stereocenters. The molecule has 14 nitrogen and oxygen atoms in total. The van der Waals surface area contributed by atoms with Crippen LogP contribution in [0.25, 0.3) is 5.57 Å². The van der Waals surface area contributed by atoms with E-state index in [9.17, 15) is 23.7 Å². The first-order valence-electron chi connectivity index (χ1n) is 20.6. The van der Waals surface area contributed by atoms with Gasteiger partial charge in [-0.25, -0.2) is 14.6 Å². The van der Waals surface area contributed by atoms with Gasteiger partial charge in [-0.1, -0.05) is 152 Å². The molecule has 0 saturated carbocycles. The Kier molecular flexibility index (Phi) is 14.0. The summed E-state index contributed by atoms with van der Waals surface area (Å²) in [6.07, 6.45) is -1.92. The van der Waals surface area contributed by atoms with Gasteiger partial charge in [0.2, 0.25) is 0 Å². The molecule has 1 aromatic heterocycles. The number of aromatic nitrogens is 1. The van der Waals surface area contributed by atoms with E-state index in [4.69, 9.17) is 29.2 Å². The van der Waals surface area contributed by atoms with Crippen molar-refractivity contribution in [2.45, 2.75) is 23.1 Å². The van der Waals surface area contributed by atoms with Gasteiger partial charge in [-0.2, -0.15) is 0 Å². The molecule has 8 rings (SSSR count). The van der Waals surface area contributed by atoms with Gasteiger partial charge in [0.1, 0.15) is 29.3 Å². The highest BCUT2D eigenvalue weighted by molar-refractivity contribution is 8.00. The number of fused-ring (bicyclic) bond motifs is 1. The number of nitrogens with two attached hydrogens (primary N) is 1. The SMILES string of the molecule is COP(=O)(/C=C(\C(=O)N[C@@H]1C(=O)N2C(C(=O)OC(c3ccccc3)c3ccccc3)=C(COC(N)=O)CS[C@H]12)c1csc(NC(c2ccccc2)(c2ccccc2)c2ccccc2)n1)OC. The van der Waals surface area contributed by atoms with Crippen LogP contribution in [0, 0.1) is 0 Å². The van der Waals surface area contributed by atoms with Gasteiger partial charge in [0.05, 0.1) is 11.3 Å². The van der Waals surface area contributed by atoms with Crippen LogP contribution >= 0.6 is 30.7 Å². The molecule has 1 fully saturated rings. The lowest BCUT2D eigenvalue weighted by Gasteiger charge is -2.49. The molecular weight excluding hydrogens is 898 g/mol. The predicted octanol–water partition coefficient (Wildman–Crippen LogP) is 8.46. The van der Waals surface area contributed by atoms with E-state index in [0.717, 1.165) is 22.5 Å². The summed E-state index contributed by atoms with van der Waals surface area (Å²) >= 11 is 2.46. The van der Waals surface area contributed by atoms with Gasteiger partial charge < -0.3 is 34.9 Å². The van der Waals surface area contributed by atoms with Crippen molar-refractivity contribution in [1.29, 1.82) is 0 Å². The van der Waals surface area contributed by atoms with Gasteiger partial charge in [-0.15, -0.1) is 23.1 Å². The largest absolute Gasteiger partial charge is 0.448 e. The van der Waals surface area contributed by atoms with Crippen molar-refractivity contribution in [3.8, 4) is 0 Å². The fourth-order valence-electron chi connectivity index (χ4n) is 7.88. The number of primary amides is 1. The molecule has 336 valence electrons. The van der Waals surface area contributed by atoms with E-state index in [1.54, 1.807) is 5.38 Å². The Labute approximate surface area is 389 Å². The van der Waals surface area contributed by atoms with Crippen molar-refractivity contribution >= 4 is 65.3 Å². The van der Waals surface area contributed by atoms with E-state index in [1.807, 2.05) is 152 Å². The smallest absolute Gasteiger partial charge is 0.404 e. The third kappa shape index (κ3) is 9.46. The average Bonchev–Trinajstić information content (AvgIpc) is 3.83. The maximum atomic E-state index is 14.5. The quantitative estimate of drug-likeness (QED) is 0.0261. The van der Waals surface area contributed by atoms with Crippen LogP contribution in [0.5, 0.6) is 0 Å². The zero-order valence-electron chi connectivity index (χ0n) is 35.6. The number of β-lactam (4-membered cyclic amide) rings is 1. The van der Waals surface area contributed by atoms with Crippen molar-refractivity contribution in [2.24, 2.45) is 5.73 Å². The number of nitrogens with one attached hydrogen (secondary N) is 2. The summed E-state index contributed by atoms with van der Waals surface area (Å²) in [5.74, 6) is -1.09. The van der Waals surface area contributed by atoms with E-state index in [0.29, 0.717) is 21.8 Å². The third-order valence-electron chi connectivity index (χ3n) is 11.1. The summed E-state index contributed by atoms with van der Waals surface area (Å²) in [4.78, 5) is 61.0. The van der Waals surface area contributed by atoms with Gasteiger partial charge in [-0.05, 0) is 27.8 Å². The molecule has 4 N–H and O–H groups in total. The highest BCUT2D eigenvalue weighted by Gasteiger charge is 2.55. The van der Waals surface area contributed by atoms with Gasteiger partial charge in [0, 0.05) is 36.7 Å². The second-order valence-electron chi connectivity index (χ2n) is 15.0. The Morgan fingerprint density at radius 3 is 1.80 bits per heavy atom. The fourth-order valence-corrected chi connectivity index (χ4v) is 10.9. The van der Waals surface area contributed by atoms with Crippen LogP contribution in [0.4, 0.5) is 9.93 Å². The molecule has 0 bridgehead atoms. The zero-order valence-corrected chi connectivity index (χ0v) is 38.2. The van der Waals surface area contributed by atoms with Gasteiger partial charge >= 0.3 is 19.7 Å². The summed E-state index contributed by atoms with van der Waals surface area (Å²) in [7, 11) is -1.64. The van der Waals surface area contributed by atoms with Gasteiger partial charge in [0.25, 0.3) is 11.8 Å². The molecular formula is C49H44N5O9PS2. The van der Waals surface area contributed by atoms with Crippen molar-refractivity contribution in [3.63, 3.8) is 0 Å². The van der Waals surface area contributed by atoms with Crippen molar-refractivity contribution in [1.82, 2.24) is 15.2 Å². The zero-order chi connectivity index (χ0) is 46.3. The van der Waals surface area contributed by atoms with E-state index < -0.39 is 54.5 Å². The summed E-state index contributed by atoms with van der Waals surface area (Å²) in [5, 5.41) is 7.75. The van der Waals surface area contributed by atoms with Crippen LogP contribution in [0.15, 0.2) is 174 Å². The molecule has 6 aromatic rings. The molecule has 1 saturated heterocycles. The summed E-state index contributed by atoms with van der Waals surface area (Å²) in [5.41, 5.74) is 8.61. The highest BCUT2D eigenvalue weighted by atomic mass is 32.2. The van der Waals surface area contributed by atoms with E-state index in [1.165, 1.54) is 42.2 Å². The number of benzene rings is 5. The van der Waals surface area contributed by atoms with Crippen molar-refractivity contribution < 1.29 is 42.3 Å². The second-order valence-corrected chi connectivity index (χ2v) is 19.0. The van der Waals surface area contributed by atoms with Crippen LogP contribution in [-0.4, -0.2) is 71.8 Å². The molecule has 2 atom stereocenters. The molecule has 0 spiro atoms. The van der Waals surface area contributed by atoms with Crippen LogP contribution in [0.3, 0.4) is 0 Å². The Morgan fingerprint density at radius 1 is 0.818 bits per heavy atom. The van der Waals surface area contributed by atoms with E-state index in [-0.39, 0.29) is 29.3 Å². The normalized spacial score (nSPS) is 16.3. The molecule has 3 amide bonds. The second kappa shape index (κ2) is 20.1. The number of hydrogen-bond donors (Lipinski definition) is 3. The minimum absolute atomic E-state index is 0.123. The Bertz CT molecular complexity index is 2670. The van der Waals surface area contributed by atoms with Gasteiger partial charge in [-0.3, -0.25) is 19.1 Å². The number of thioether (sulfide) groups is 1. The van der Waals surface area contributed by atoms with Crippen LogP contribution in [0.1, 0.15) is 39.6 Å². The molecule has 2 aliphatic rings. The Balaban J connectivity index is 1.10. The Hall–Kier alpha value is -6.81. The number of nitrogens with zero attached hydrogens (tertiary/aromatic N) is 2. The molecule has 3 heterocycles. The topological polar surface area (TPSA) is 188 Å². The number of carbonyl (C=O) groups is 4. The first-order valence-corrected chi connectivity index (χ1v) is 24.1. The molecule has 5 aromatic carbocycles. The van der Waals surface area contributed by atoms with E-state index >= 15 is 0 Å². The molecule has 17 heteroatoms. The number of carbonyl (C=O) groups excluding carboxylic acids is 4. The lowest BCUT2D eigenvalue weighted by Crippen LogP contribution is -2.70. The number of hydrogen-bond acceptors (Lipinski definition) is 13. The molecule has 0 aliphatic carbocycles. The maximum Gasteiger partial charge on any atom is 0.404 e. The number of ether oxygens (including phenoxy) is 2. The number of anilines is 1. The summed E-state index contributed by atoms with van der Waals surface area (Å²) in [6, 6.07) is 46.8. The van der Waals surface area contributed by atoms with E-state index in [2.05, 4.69) is 10.6 Å². The average molecular weight is 942 g/mol. The molecule has 66 heavy (non-hydrogen) atoms. The van der Waals surface area contributed by atoms with Crippen molar-refractivity contribution in [2.75, 3.05) is 31.9 Å². The summed E-state index contributed by atoms with van der Waals surface area (Å²) in [6.45, 7) is -0.377. The van der Waals surface area contributed by atoms with Crippen LogP contribution in [-0.2, 0) is 43.0 Å². The first kappa shape index (κ1) is 45.7. The third-order valence-corrected chi connectivity index (χ3v) is 14.8. The minimum Gasteiger partial charge on any atom is -0.448 e. The van der Waals surface area contributed by atoms with Crippen LogP contribution < -0.4 is 16.4 Å².